The van der Waals surface area contributed by atoms with E-state index in [-0.39, 0.29) is 36.4 Å². The molecule has 4 rings (SSSR count). The van der Waals surface area contributed by atoms with E-state index < -0.39 is 45.9 Å². The van der Waals surface area contributed by atoms with Gasteiger partial charge in [0, 0.05) is 17.8 Å². The Balaban J connectivity index is 1.62. The van der Waals surface area contributed by atoms with E-state index in [2.05, 4.69) is 6.92 Å². The van der Waals surface area contributed by atoms with Gasteiger partial charge in [0.25, 0.3) is 0 Å². The van der Waals surface area contributed by atoms with Gasteiger partial charge in [-0.15, -0.1) is 0 Å². The van der Waals surface area contributed by atoms with Crippen molar-refractivity contribution in [3.63, 3.8) is 0 Å². The highest BCUT2D eigenvalue weighted by Crippen LogP contribution is 2.67. The number of carbonyl (C=O) groups is 1. The number of aliphatic hydroxyl groups is 6. The molecule has 0 aromatic heterocycles. The van der Waals surface area contributed by atoms with Crippen molar-refractivity contribution in [3.05, 3.63) is 11.6 Å². The molecule has 0 amide bonds. The van der Waals surface area contributed by atoms with E-state index in [0.29, 0.717) is 25.7 Å². The minimum Gasteiger partial charge on any atom is -0.390 e. The van der Waals surface area contributed by atoms with E-state index in [9.17, 15) is 35.4 Å². The number of allylic oxidation sites excluding steroid dienone is 1. The number of carbonyl (C=O) groups excluding carboxylic acids is 1. The van der Waals surface area contributed by atoms with Gasteiger partial charge < -0.3 is 30.6 Å². The number of ketones is 1. The summed E-state index contributed by atoms with van der Waals surface area (Å²) < 4.78 is 0. The summed E-state index contributed by atoms with van der Waals surface area (Å²) in [5, 5.41) is 64.5. The molecule has 4 unspecified atom stereocenters. The van der Waals surface area contributed by atoms with Gasteiger partial charge in [-0.05, 0) is 94.6 Å². The van der Waals surface area contributed by atoms with Gasteiger partial charge in [-0.2, -0.15) is 0 Å². The van der Waals surface area contributed by atoms with Crippen molar-refractivity contribution in [2.75, 3.05) is 0 Å². The van der Waals surface area contributed by atoms with Crippen LogP contribution in [-0.4, -0.2) is 71.5 Å². The summed E-state index contributed by atoms with van der Waals surface area (Å²) >= 11 is 0. The van der Waals surface area contributed by atoms with Crippen LogP contribution < -0.4 is 0 Å². The summed E-state index contributed by atoms with van der Waals surface area (Å²) in [6.45, 7) is 8.81. The van der Waals surface area contributed by atoms with Gasteiger partial charge >= 0.3 is 0 Å². The number of rotatable bonds is 5. The fourth-order valence-electron chi connectivity index (χ4n) is 8.09. The third-order valence-corrected chi connectivity index (χ3v) is 10.4. The molecule has 34 heavy (non-hydrogen) atoms. The van der Waals surface area contributed by atoms with Gasteiger partial charge in [0.15, 0.2) is 5.78 Å². The van der Waals surface area contributed by atoms with Crippen molar-refractivity contribution in [1.82, 2.24) is 0 Å². The van der Waals surface area contributed by atoms with Gasteiger partial charge in [-0.25, -0.2) is 0 Å². The third kappa shape index (κ3) is 3.91. The zero-order valence-corrected chi connectivity index (χ0v) is 21.3. The summed E-state index contributed by atoms with van der Waals surface area (Å²) in [5.41, 5.74) is -3.97. The summed E-state index contributed by atoms with van der Waals surface area (Å²) in [6, 6.07) is 0. The van der Waals surface area contributed by atoms with Crippen LogP contribution in [0.25, 0.3) is 0 Å². The Morgan fingerprint density at radius 2 is 1.71 bits per heavy atom. The van der Waals surface area contributed by atoms with Gasteiger partial charge in [0.2, 0.25) is 0 Å². The molecule has 0 aromatic rings. The highest BCUT2D eigenvalue weighted by atomic mass is 16.3. The van der Waals surface area contributed by atoms with Crippen molar-refractivity contribution < 1.29 is 35.4 Å². The van der Waals surface area contributed by atoms with Crippen LogP contribution in [-0.2, 0) is 4.79 Å². The lowest BCUT2D eigenvalue weighted by atomic mass is 9.46. The van der Waals surface area contributed by atoms with Gasteiger partial charge in [0.1, 0.15) is 0 Å². The molecule has 0 aromatic carbocycles. The average molecular weight is 481 g/mol. The van der Waals surface area contributed by atoms with Crippen LogP contribution in [0.5, 0.6) is 0 Å². The predicted octanol–water partition coefficient (Wildman–Crippen LogP) is 1.85. The lowest BCUT2D eigenvalue weighted by Gasteiger charge is -2.60. The van der Waals surface area contributed by atoms with E-state index in [1.807, 2.05) is 6.92 Å². The maximum absolute atomic E-state index is 13.2. The van der Waals surface area contributed by atoms with Crippen molar-refractivity contribution in [3.8, 4) is 0 Å². The fourth-order valence-corrected chi connectivity index (χ4v) is 8.09. The van der Waals surface area contributed by atoms with Crippen LogP contribution in [0.4, 0.5) is 0 Å². The topological polar surface area (TPSA) is 138 Å². The Hall–Kier alpha value is -0.830. The SMILES string of the molecule is CC(C)(O)C(O)C[C@](C)(O)CC1CCC2(O)C3=CC(=O)[C@@H]4C[C@@H](O)[C@@H](O)C[C@]4(C)C3CC[C@]12C. The second-order valence-electron chi connectivity index (χ2n) is 13.3. The molecule has 0 spiro atoms. The van der Waals surface area contributed by atoms with E-state index in [4.69, 9.17) is 0 Å². The molecule has 0 saturated heterocycles. The quantitative estimate of drug-likeness (QED) is 0.353. The highest BCUT2D eigenvalue weighted by Gasteiger charge is 2.66. The van der Waals surface area contributed by atoms with Crippen LogP contribution >= 0.6 is 0 Å². The van der Waals surface area contributed by atoms with Crippen LogP contribution in [0.2, 0.25) is 0 Å². The molecule has 4 aliphatic carbocycles. The molecule has 0 aliphatic heterocycles. The number of aliphatic hydroxyl groups excluding tert-OH is 3. The average Bonchev–Trinajstić information content (AvgIpc) is 2.94. The molecule has 7 nitrogen and oxygen atoms in total. The molecule has 3 fully saturated rings. The first-order valence-corrected chi connectivity index (χ1v) is 12.9. The van der Waals surface area contributed by atoms with E-state index in [1.54, 1.807) is 13.0 Å². The smallest absolute Gasteiger partial charge is 0.159 e. The van der Waals surface area contributed by atoms with E-state index in [0.717, 1.165) is 18.4 Å². The van der Waals surface area contributed by atoms with Crippen molar-refractivity contribution in [2.45, 2.75) is 121 Å². The normalized spacial score (nSPS) is 47.2. The Kier molecular flexibility index (Phi) is 6.24. The first kappa shape index (κ1) is 26.2. The van der Waals surface area contributed by atoms with Crippen LogP contribution in [0, 0.1) is 28.6 Å². The minimum atomic E-state index is -1.32. The molecule has 0 bridgehead atoms. The number of hydrogen-bond donors (Lipinski definition) is 6. The molecule has 0 heterocycles. The molecule has 0 radical (unpaired) electrons. The summed E-state index contributed by atoms with van der Waals surface area (Å²) in [5.74, 6) is -0.468. The Morgan fingerprint density at radius 1 is 1.06 bits per heavy atom. The molecule has 7 heteroatoms. The highest BCUT2D eigenvalue weighted by molar-refractivity contribution is 5.95. The van der Waals surface area contributed by atoms with Gasteiger partial charge in [-0.1, -0.05) is 13.8 Å². The van der Waals surface area contributed by atoms with Crippen molar-refractivity contribution >= 4 is 5.78 Å². The molecule has 10 atom stereocenters. The zero-order valence-electron chi connectivity index (χ0n) is 21.3. The summed E-state index contributed by atoms with van der Waals surface area (Å²) in [6.07, 6.45) is 2.51. The van der Waals surface area contributed by atoms with Crippen LogP contribution in [0.3, 0.4) is 0 Å². The standard InChI is InChI=1S/C27H44O7/c1-23(2,32)22(31)14-24(3,33)12-15-6-9-27(34)17-10-19(28)18-11-20(29)21(30)13-25(18,4)16(17)7-8-26(15,27)5/h10,15-16,18,20-22,29-34H,6-9,11-14H2,1-5H3/t15?,16?,18-,20+,21-,22?,24+,25+,26+,27?/m0/s1. The molecular weight excluding hydrogens is 436 g/mol. The van der Waals surface area contributed by atoms with Crippen LogP contribution in [0.1, 0.15) is 86.0 Å². The minimum absolute atomic E-state index is 0.0113. The zero-order chi connectivity index (χ0) is 25.5. The molecule has 6 N–H and O–H groups in total. The van der Waals surface area contributed by atoms with Gasteiger partial charge in [-0.3, -0.25) is 4.79 Å². The Morgan fingerprint density at radius 3 is 2.32 bits per heavy atom. The third-order valence-electron chi connectivity index (χ3n) is 10.4. The molecule has 4 aliphatic rings. The predicted molar refractivity (Wildman–Crippen MR) is 127 cm³/mol. The summed E-state index contributed by atoms with van der Waals surface area (Å²) in [4.78, 5) is 13.2. The molecular formula is C27H44O7. The van der Waals surface area contributed by atoms with E-state index >= 15 is 0 Å². The Labute approximate surface area is 202 Å². The van der Waals surface area contributed by atoms with Crippen LogP contribution in [0.15, 0.2) is 11.6 Å². The first-order chi connectivity index (χ1) is 15.4. The second kappa shape index (κ2) is 8.09. The first-order valence-electron chi connectivity index (χ1n) is 12.9. The maximum Gasteiger partial charge on any atom is 0.159 e. The molecule has 194 valence electrons. The lowest BCUT2D eigenvalue weighted by Crippen LogP contribution is -2.60. The van der Waals surface area contributed by atoms with Crippen molar-refractivity contribution in [1.29, 1.82) is 0 Å². The fraction of sp³-hybridized carbons (Fsp3) is 0.889. The maximum atomic E-state index is 13.2. The summed E-state index contributed by atoms with van der Waals surface area (Å²) in [7, 11) is 0. The Bertz CT molecular complexity index is 860. The van der Waals surface area contributed by atoms with E-state index in [1.165, 1.54) is 13.8 Å². The monoisotopic (exact) mass is 480 g/mol. The van der Waals surface area contributed by atoms with Crippen molar-refractivity contribution in [2.24, 2.45) is 28.6 Å². The second-order valence-corrected chi connectivity index (χ2v) is 13.3. The number of fused-ring (bicyclic) bond motifs is 5. The molecule has 3 saturated carbocycles. The van der Waals surface area contributed by atoms with Gasteiger partial charge in [0.05, 0.1) is 35.1 Å². The largest absolute Gasteiger partial charge is 0.390 e. The lowest BCUT2D eigenvalue weighted by molar-refractivity contribution is -0.154. The number of hydrogen-bond acceptors (Lipinski definition) is 7.